The van der Waals surface area contributed by atoms with Crippen LogP contribution in [0.25, 0.3) is 0 Å². The summed E-state index contributed by atoms with van der Waals surface area (Å²) in [6.07, 6.45) is -12.3. The normalized spacial score (nSPS) is 15.4. The van der Waals surface area contributed by atoms with Gasteiger partial charge in [0.15, 0.2) is 0 Å². The third-order valence-corrected chi connectivity index (χ3v) is 7.00. The zero-order valence-electron chi connectivity index (χ0n) is 20.5. The molecule has 0 aliphatic rings. The van der Waals surface area contributed by atoms with Gasteiger partial charge in [-0.15, -0.1) is 0 Å². The molecule has 0 fully saturated rings. The molecule has 1 amide bonds. The summed E-state index contributed by atoms with van der Waals surface area (Å²) in [7, 11) is -6.08. The molecule has 0 radical (unpaired) electrons. The van der Waals surface area contributed by atoms with Gasteiger partial charge in [0.05, 0.1) is 24.0 Å². The minimum Gasteiger partial charge on any atom is -0.368 e. The summed E-state index contributed by atoms with van der Waals surface area (Å²) in [6.45, 7) is -0.485. The Labute approximate surface area is 222 Å². The van der Waals surface area contributed by atoms with Crippen molar-refractivity contribution < 1.29 is 57.5 Å². The van der Waals surface area contributed by atoms with Crippen molar-refractivity contribution >= 4 is 15.9 Å². The van der Waals surface area contributed by atoms with Gasteiger partial charge in [-0.25, -0.2) is 8.42 Å². The van der Waals surface area contributed by atoms with E-state index in [4.69, 9.17) is 10.5 Å². The average Bonchev–Trinajstić information content (AvgIpc) is 2.83. The number of ether oxygens (including phenoxy) is 1. The zero-order valence-corrected chi connectivity index (χ0v) is 21.4. The summed E-state index contributed by atoms with van der Waals surface area (Å²) in [5, 5.41) is 2.35. The molecule has 17 heteroatoms. The van der Waals surface area contributed by atoms with Crippen LogP contribution in [-0.4, -0.2) is 38.6 Å². The fourth-order valence-electron chi connectivity index (χ4n) is 3.51. The first-order chi connectivity index (χ1) is 18.2. The standard InChI is InChI=1S/C23H24F9N3O4S/c1-14(16-9-17(21(24,25)26)11-18(10-16)22(27,28)29)39-13-34-12-20(19(33)36,35-40(37,38)23(30,31)32)8-7-15-5-3-2-4-6-15/h2-6,9-11,14,34-35H,7-8,12-13H2,1H3,(H2,33,36)/t14-,20+/m1/s1. The van der Waals surface area contributed by atoms with Crippen molar-refractivity contribution in [2.75, 3.05) is 13.3 Å². The number of halogens is 9. The lowest BCUT2D eigenvalue weighted by Crippen LogP contribution is -2.64. The van der Waals surface area contributed by atoms with Crippen molar-refractivity contribution in [2.45, 2.75) is 49.3 Å². The number of nitrogens with two attached hydrogens (primary N) is 1. The summed E-state index contributed by atoms with van der Waals surface area (Å²) >= 11 is 0. The molecular formula is C23H24F9N3O4S. The molecule has 40 heavy (non-hydrogen) atoms. The lowest BCUT2D eigenvalue weighted by Gasteiger charge is -2.32. The molecular weight excluding hydrogens is 585 g/mol. The van der Waals surface area contributed by atoms with Gasteiger partial charge in [-0.1, -0.05) is 30.3 Å². The maximum absolute atomic E-state index is 13.1. The van der Waals surface area contributed by atoms with E-state index in [-0.39, 0.29) is 12.5 Å². The molecule has 4 N–H and O–H groups in total. The minimum atomic E-state index is -6.08. The van der Waals surface area contributed by atoms with Gasteiger partial charge in [0, 0.05) is 6.54 Å². The van der Waals surface area contributed by atoms with Crippen molar-refractivity contribution in [3.05, 3.63) is 70.8 Å². The second-order valence-electron chi connectivity index (χ2n) is 8.70. The van der Waals surface area contributed by atoms with E-state index in [0.29, 0.717) is 17.7 Å². The summed E-state index contributed by atoms with van der Waals surface area (Å²) in [5.74, 6) is -1.48. The minimum absolute atomic E-state index is 0.0742. The molecule has 7 nitrogen and oxygen atoms in total. The van der Waals surface area contributed by atoms with Gasteiger partial charge in [-0.2, -0.15) is 44.2 Å². The van der Waals surface area contributed by atoms with E-state index in [1.807, 2.05) is 0 Å². The van der Waals surface area contributed by atoms with Gasteiger partial charge >= 0.3 is 27.9 Å². The average molecular weight is 610 g/mol. The van der Waals surface area contributed by atoms with Crippen LogP contribution >= 0.6 is 0 Å². The highest BCUT2D eigenvalue weighted by molar-refractivity contribution is 7.90. The van der Waals surface area contributed by atoms with Crippen molar-refractivity contribution in [3.63, 3.8) is 0 Å². The Balaban J connectivity index is 2.25. The van der Waals surface area contributed by atoms with Crippen LogP contribution in [0.3, 0.4) is 0 Å². The molecule has 0 unspecified atom stereocenters. The largest absolute Gasteiger partial charge is 0.511 e. The Hall–Kier alpha value is -2.89. The molecule has 2 rings (SSSR count). The predicted octanol–water partition coefficient (Wildman–Crippen LogP) is 4.65. The van der Waals surface area contributed by atoms with E-state index in [0.717, 1.165) is 6.92 Å². The van der Waals surface area contributed by atoms with Crippen LogP contribution in [-0.2, 0) is 38.3 Å². The van der Waals surface area contributed by atoms with Crippen LogP contribution in [0.15, 0.2) is 48.5 Å². The molecule has 0 heterocycles. The Morgan fingerprint density at radius 1 is 0.925 bits per heavy atom. The number of sulfonamides is 1. The molecule has 0 saturated carbocycles. The fourth-order valence-corrected chi connectivity index (χ4v) is 4.42. The summed E-state index contributed by atoms with van der Waals surface area (Å²) in [6, 6.07) is 8.74. The lowest BCUT2D eigenvalue weighted by molar-refractivity contribution is -0.143. The van der Waals surface area contributed by atoms with Gasteiger partial charge < -0.3 is 10.5 Å². The van der Waals surface area contributed by atoms with E-state index in [9.17, 15) is 52.7 Å². The molecule has 224 valence electrons. The van der Waals surface area contributed by atoms with E-state index in [2.05, 4.69) is 5.32 Å². The van der Waals surface area contributed by atoms with Crippen LogP contribution in [0.4, 0.5) is 39.5 Å². The monoisotopic (exact) mass is 609 g/mol. The van der Waals surface area contributed by atoms with E-state index < -0.39 is 81.8 Å². The zero-order chi connectivity index (χ0) is 30.6. The number of amides is 1. The van der Waals surface area contributed by atoms with Crippen LogP contribution in [0.2, 0.25) is 0 Å². The Morgan fingerprint density at radius 2 is 1.45 bits per heavy atom. The molecule has 2 aromatic rings. The number of rotatable bonds is 12. The van der Waals surface area contributed by atoms with Crippen LogP contribution in [0, 0.1) is 0 Å². The summed E-state index contributed by atoms with van der Waals surface area (Å²) in [4.78, 5) is 12.3. The quantitative estimate of drug-likeness (QED) is 0.185. The molecule has 0 aliphatic heterocycles. The van der Waals surface area contributed by atoms with Crippen molar-refractivity contribution in [2.24, 2.45) is 5.73 Å². The predicted molar refractivity (Wildman–Crippen MR) is 124 cm³/mol. The van der Waals surface area contributed by atoms with Crippen LogP contribution in [0.1, 0.15) is 41.7 Å². The third kappa shape index (κ3) is 8.81. The Bertz CT molecular complexity index is 1230. The summed E-state index contributed by atoms with van der Waals surface area (Å²) in [5.41, 5.74) is -6.21. The number of nitrogens with one attached hydrogen (secondary N) is 2. The first kappa shape index (κ1) is 33.3. The number of benzene rings is 2. The van der Waals surface area contributed by atoms with Gasteiger partial charge in [-0.3, -0.25) is 10.1 Å². The van der Waals surface area contributed by atoms with Crippen molar-refractivity contribution in [1.29, 1.82) is 0 Å². The second-order valence-corrected chi connectivity index (χ2v) is 10.4. The lowest BCUT2D eigenvalue weighted by atomic mass is 9.91. The topological polar surface area (TPSA) is 111 Å². The van der Waals surface area contributed by atoms with Gasteiger partial charge in [0.2, 0.25) is 5.91 Å². The van der Waals surface area contributed by atoms with Gasteiger partial charge in [-0.05, 0) is 49.1 Å². The number of primary amides is 1. The van der Waals surface area contributed by atoms with Gasteiger partial charge in [0.1, 0.15) is 5.54 Å². The van der Waals surface area contributed by atoms with E-state index >= 15 is 0 Å². The maximum Gasteiger partial charge on any atom is 0.511 e. The molecule has 2 atom stereocenters. The molecule has 0 bridgehead atoms. The van der Waals surface area contributed by atoms with Gasteiger partial charge in [0.25, 0.3) is 0 Å². The summed E-state index contributed by atoms with van der Waals surface area (Å²) < 4.78 is 148. The maximum atomic E-state index is 13.1. The Morgan fingerprint density at radius 3 is 1.90 bits per heavy atom. The number of hydrogen-bond acceptors (Lipinski definition) is 5. The van der Waals surface area contributed by atoms with Crippen LogP contribution < -0.4 is 15.8 Å². The van der Waals surface area contributed by atoms with E-state index in [1.165, 1.54) is 4.72 Å². The van der Waals surface area contributed by atoms with Crippen LogP contribution in [0.5, 0.6) is 0 Å². The molecule has 0 spiro atoms. The number of aryl methyl sites for hydroxylation is 1. The smallest absolute Gasteiger partial charge is 0.368 e. The first-order valence-corrected chi connectivity index (χ1v) is 12.7. The SMILES string of the molecule is C[C@@H](OCNC[C@](CCc1ccccc1)(NS(=O)(=O)C(F)(F)F)C(N)=O)c1cc(C(F)(F)F)cc(C(F)(F)F)c1. The highest BCUT2D eigenvalue weighted by Gasteiger charge is 2.52. The molecule has 0 saturated heterocycles. The van der Waals surface area contributed by atoms with Crippen molar-refractivity contribution in [1.82, 2.24) is 10.0 Å². The number of hydrogen-bond donors (Lipinski definition) is 3. The Kier molecular flexibility index (Phi) is 10.3. The highest BCUT2D eigenvalue weighted by atomic mass is 32.2. The molecule has 0 aliphatic carbocycles. The highest BCUT2D eigenvalue weighted by Crippen LogP contribution is 2.38. The molecule has 0 aromatic heterocycles. The fraction of sp³-hybridized carbons (Fsp3) is 0.435. The van der Waals surface area contributed by atoms with E-state index in [1.54, 1.807) is 30.3 Å². The number of carbonyl (C=O) groups is 1. The van der Waals surface area contributed by atoms with Crippen molar-refractivity contribution in [3.8, 4) is 0 Å². The third-order valence-electron chi connectivity index (χ3n) is 5.73. The number of carbonyl (C=O) groups excluding carboxylic acids is 1. The molecule has 2 aromatic carbocycles. The second kappa shape index (κ2) is 12.3. The number of alkyl halides is 9. The first-order valence-electron chi connectivity index (χ1n) is 11.2.